The van der Waals surface area contributed by atoms with Crippen LogP contribution in [0, 0.1) is 27.6 Å². The molecule has 0 saturated carbocycles. The molecule has 0 unspecified atom stereocenters. The zero-order valence-corrected chi connectivity index (χ0v) is 15.9. The Labute approximate surface area is 147 Å². The van der Waals surface area contributed by atoms with Gasteiger partial charge in [-0.2, -0.15) is 5.26 Å². The summed E-state index contributed by atoms with van der Waals surface area (Å²) in [6.07, 6.45) is 5.75. The normalized spacial score (nSPS) is 52.2. The third kappa shape index (κ3) is 2.60. The second-order valence-corrected chi connectivity index (χ2v) is 10.5. The number of nitriles is 1. The summed E-state index contributed by atoms with van der Waals surface area (Å²) in [5, 5.41) is 9.27. The summed E-state index contributed by atoms with van der Waals surface area (Å²) >= 11 is 0. The number of hydrogen-bond donors (Lipinski definition) is 0. The van der Waals surface area contributed by atoms with Gasteiger partial charge in [-0.3, -0.25) is 9.80 Å². The fourth-order valence-electron chi connectivity index (χ4n) is 7.16. The van der Waals surface area contributed by atoms with E-state index >= 15 is 0 Å². The van der Waals surface area contributed by atoms with Gasteiger partial charge in [-0.15, -0.1) is 0 Å². The highest BCUT2D eigenvalue weighted by atomic mass is 16.5. The number of piperidine rings is 2. The van der Waals surface area contributed by atoms with Gasteiger partial charge in [0, 0.05) is 44.6 Å². The van der Waals surface area contributed by atoms with E-state index in [0.717, 1.165) is 25.9 Å². The first kappa shape index (κ1) is 16.8. The first-order chi connectivity index (χ1) is 11.2. The van der Waals surface area contributed by atoms with Crippen molar-refractivity contribution in [2.45, 2.75) is 71.6 Å². The molecular formula is C20H33N3O. The van der Waals surface area contributed by atoms with Gasteiger partial charge in [0.15, 0.2) is 0 Å². The molecule has 5 heterocycles. The molecule has 4 nitrogen and oxygen atoms in total. The van der Waals surface area contributed by atoms with Crippen molar-refractivity contribution in [3.8, 4) is 6.07 Å². The number of hydrogen-bond acceptors (Lipinski definition) is 4. The Morgan fingerprint density at radius 1 is 1.00 bits per heavy atom. The molecule has 0 aromatic carbocycles. The second kappa shape index (κ2) is 5.19. The smallest absolute Gasteiger partial charge is 0.0683 e. The molecule has 4 bridgehead atoms. The van der Waals surface area contributed by atoms with E-state index in [1.54, 1.807) is 0 Å². The molecule has 0 radical (unpaired) electrons. The Morgan fingerprint density at radius 2 is 1.58 bits per heavy atom. The van der Waals surface area contributed by atoms with Crippen molar-refractivity contribution in [1.82, 2.24) is 9.80 Å². The first-order valence-corrected chi connectivity index (χ1v) is 9.68. The summed E-state index contributed by atoms with van der Waals surface area (Å²) in [7, 11) is 0. The standard InChI is InChI=1S/C20H33N3O/c1-17(2)10-20(6-5-8-21,7-9-24-17)16-22-12-18(3)11-19(4,14-22)15-23(16)13-18/h16H,5-7,9-15H2,1-4H3/t16?,18?,19?,20-/m0/s1. The van der Waals surface area contributed by atoms with Crippen LogP contribution in [0.1, 0.15) is 59.8 Å². The predicted molar refractivity (Wildman–Crippen MR) is 94.3 cm³/mol. The van der Waals surface area contributed by atoms with E-state index in [2.05, 4.69) is 43.6 Å². The van der Waals surface area contributed by atoms with Gasteiger partial charge in [0.05, 0.1) is 17.8 Å². The van der Waals surface area contributed by atoms with Crippen LogP contribution in [-0.2, 0) is 4.74 Å². The van der Waals surface area contributed by atoms with E-state index in [4.69, 9.17) is 4.74 Å². The summed E-state index contributed by atoms with van der Waals surface area (Å²) in [4.78, 5) is 5.57. The molecule has 5 fully saturated rings. The zero-order valence-electron chi connectivity index (χ0n) is 15.9. The molecule has 4 heteroatoms. The minimum atomic E-state index is -0.0710. The Balaban J connectivity index is 1.68. The molecule has 0 N–H and O–H groups in total. The quantitative estimate of drug-likeness (QED) is 0.796. The number of rotatable bonds is 3. The molecular weight excluding hydrogens is 298 g/mol. The molecule has 134 valence electrons. The Kier molecular flexibility index (Phi) is 3.64. The average molecular weight is 332 g/mol. The average Bonchev–Trinajstić information content (AvgIpc) is 2.40. The molecule has 0 aromatic heterocycles. The fraction of sp³-hybridized carbons (Fsp3) is 0.950. The second-order valence-electron chi connectivity index (χ2n) is 10.5. The van der Waals surface area contributed by atoms with Gasteiger partial charge in [0.25, 0.3) is 0 Å². The van der Waals surface area contributed by atoms with Crippen molar-refractivity contribution < 1.29 is 4.74 Å². The first-order valence-electron chi connectivity index (χ1n) is 9.68. The molecule has 0 amide bonds. The minimum absolute atomic E-state index is 0.0710. The van der Waals surface area contributed by atoms with Crippen LogP contribution in [0.2, 0.25) is 0 Å². The molecule has 0 spiro atoms. The van der Waals surface area contributed by atoms with Crippen molar-refractivity contribution >= 4 is 0 Å². The van der Waals surface area contributed by atoms with E-state index in [1.807, 2.05) is 0 Å². The van der Waals surface area contributed by atoms with Crippen LogP contribution in [0.3, 0.4) is 0 Å². The van der Waals surface area contributed by atoms with Gasteiger partial charge in [0.2, 0.25) is 0 Å². The summed E-state index contributed by atoms with van der Waals surface area (Å²) in [6.45, 7) is 15.2. The van der Waals surface area contributed by atoms with Gasteiger partial charge in [-0.1, -0.05) is 13.8 Å². The van der Waals surface area contributed by atoms with E-state index in [9.17, 15) is 5.26 Å². The predicted octanol–water partition coefficient (Wildman–Crippen LogP) is 3.24. The lowest BCUT2D eigenvalue weighted by Crippen LogP contribution is -2.77. The van der Waals surface area contributed by atoms with E-state index in [-0.39, 0.29) is 11.0 Å². The highest BCUT2D eigenvalue weighted by Crippen LogP contribution is 2.57. The zero-order chi connectivity index (χ0) is 17.2. The maximum atomic E-state index is 9.27. The van der Waals surface area contributed by atoms with Gasteiger partial charge >= 0.3 is 0 Å². The van der Waals surface area contributed by atoms with Crippen LogP contribution in [-0.4, -0.2) is 54.4 Å². The maximum absolute atomic E-state index is 9.27. The minimum Gasteiger partial charge on any atom is -0.376 e. The number of nitrogens with zero attached hydrogens (tertiary/aromatic N) is 3. The maximum Gasteiger partial charge on any atom is 0.0683 e. The van der Waals surface area contributed by atoms with Crippen molar-refractivity contribution in [3.63, 3.8) is 0 Å². The Hall–Kier alpha value is -0.630. The third-order valence-electron chi connectivity index (χ3n) is 7.04. The van der Waals surface area contributed by atoms with Crippen molar-refractivity contribution in [2.75, 3.05) is 32.8 Å². The van der Waals surface area contributed by atoms with Crippen LogP contribution in [0.15, 0.2) is 0 Å². The van der Waals surface area contributed by atoms with Crippen molar-refractivity contribution in [2.24, 2.45) is 16.2 Å². The van der Waals surface area contributed by atoms with Crippen molar-refractivity contribution in [1.29, 1.82) is 5.26 Å². The summed E-state index contributed by atoms with van der Waals surface area (Å²) in [5.41, 5.74) is 1.05. The Morgan fingerprint density at radius 3 is 2.08 bits per heavy atom. The molecule has 0 aromatic rings. The fourth-order valence-corrected chi connectivity index (χ4v) is 7.16. The number of ether oxygens (including phenoxy) is 1. The SMILES string of the molecule is CC12CN3CC(C)(CN(C1)C3[C@@]1(CCC#N)CCOC(C)(C)C1)C2. The molecule has 24 heavy (non-hydrogen) atoms. The van der Waals surface area contributed by atoms with Gasteiger partial charge in [0.1, 0.15) is 0 Å². The highest BCUT2D eigenvalue weighted by molar-refractivity contribution is 5.12. The molecule has 5 rings (SSSR count). The largest absolute Gasteiger partial charge is 0.376 e. The molecule has 5 aliphatic heterocycles. The highest BCUT2D eigenvalue weighted by Gasteiger charge is 2.61. The Bertz CT molecular complexity index is 530. The van der Waals surface area contributed by atoms with Gasteiger partial charge < -0.3 is 4.74 Å². The topological polar surface area (TPSA) is 39.5 Å². The van der Waals surface area contributed by atoms with E-state index in [1.165, 1.54) is 32.6 Å². The van der Waals surface area contributed by atoms with Crippen LogP contribution in [0.4, 0.5) is 0 Å². The third-order valence-corrected chi connectivity index (χ3v) is 7.04. The monoisotopic (exact) mass is 331 g/mol. The lowest BCUT2D eigenvalue weighted by atomic mass is 9.59. The van der Waals surface area contributed by atoms with Crippen molar-refractivity contribution in [3.05, 3.63) is 0 Å². The molecule has 1 atom stereocenters. The van der Waals surface area contributed by atoms with Crippen LogP contribution < -0.4 is 0 Å². The van der Waals surface area contributed by atoms with Crippen LogP contribution in [0.25, 0.3) is 0 Å². The van der Waals surface area contributed by atoms with Gasteiger partial charge in [-0.05, 0) is 50.4 Å². The van der Waals surface area contributed by atoms with Crippen LogP contribution in [0.5, 0.6) is 0 Å². The summed E-state index contributed by atoms with van der Waals surface area (Å²) in [5.74, 6) is 0. The summed E-state index contributed by atoms with van der Waals surface area (Å²) in [6, 6.07) is 2.43. The van der Waals surface area contributed by atoms with E-state index < -0.39 is 0 Å². The lowest BCUT2D eigenvalue weighted by molar-refractivity contribution is -0.248. The molecule has 5 aliphatic rings. The molecule has 0 aliphatic carbocycles. The van der Waals surface area contributed by atoms with Gasteiger partial charge in [-0.25, -0.2) is 0 Å². The van der Waals surface area contributed by atoms with Crippen LogP contribution >= 0.6 is 0 Å². The van der Waals surface area contributed by atoms with E-state index in [0.29, 0.717) is 23.4 Å². The lowest BCUT2D eigenvalue weighted by Gasteiger charge is -2.70. The summed E-state index contributed by atoms with van der Waals surface area (Å²) < 4.78 is 6.06. The molecule has 5 saturated heterocycles.